The van der Waals surface area contributed by atoms with Gasteiger partial charge >= 0.3 is 0 Å². The molecule has 4 heterocycles. The van der Waals surface area contributed by atoms with E-state index >= 15 is 0 Å². The molecule has 0 saturated carbocycles. The molecule has 0 radical (unpaired) electrons. The summed E-state index contributed by atoms with van der Waals surface area (Å²) in [5, 5.41) is 7.44. The maximum Gasteiger partial charge on any atom is 0.185 e. The fourth-order valence-corrected chi connectivity index (χ4v) is 5.50. The molecule has 0 saturated heterocycles. The van der Waals surface area contributed by atoms with Crippen LogP contribution in [0.15, 0.2) is 52.2 Å². The van der Waals surface area contributed by atoms with E-state index < -0.39 is 9.84 Å². The molecule has 0 spiro atoms. The highest BCUT2D eigenvalue weighted by atomic mass is 32.2. The number of benzene rings is 1. The first-order valence-corrected chi connectivity index (χ1v) is 12.8. The van der Waals surface area contributed by atoms with Crippen molar-refractivity contribution in [1.82, 2.24) is 20.3 Å². The minimum Gasteiger partial charge on any atom is -0.491 e. The maximum absolute atomic E-state index is 12.6. The van der Waals surface area contributed by atoms with Crippen LogP contribution in [0.2, 0.25) is 0 Å². The summed E-state index contributed by atoms with van der Waals surface area (Å²) < 4.78 is 36.4. The fraction of sp³-hybridized carbons (Fsp3) is 0.333. The van der Waals surface area contributed by atoms with E-state index in [-0.39, 0.29) is 29.2 Å². The minimum absolute atomic E-state index is 0.00800. The number of hydrogen-bond acceptors (Lipinski definition) is 8. The second-order valence-corrected chi connectivity index (χ2v) is 10.8. The number of fused-ring (bicyclic) bond motifs is 2. The van der Waals surface area contributed by atoms with Crippen LogP contribution >= 0.6 is 0 Å². The first-order chi connectivity index (χ1) is 16.4. The zero-order valence-electron chi connectivity index (χ0n) is 19.3. The van der Waals surface area contributed by atoms with Gasteiger partial charge in [0.25, 0.3) is 0 Å². The molecule has 3 aromatic heterocycles. The first-order valence-electron chi connectivity index (χ1n) is 11.2. The van der Waals surface area contributed by atoms with Gasteiger partial charge in [-0.15, -0.1) is 0 Å². The Morgan fingerprint density at radius 3 is 2.82 bits per heavy atom. The Labute approximate surface area is 197 Å². The molecule has 0 bridgehead atoms. The molecule has 1 atom stereocenters. The number of H-pyrrole nitrogens is 1. The molecule has 1 aromatic carbocycles. The van der Waals surface area contributed by atoms with E-state index in [0.29, 0.717) is 23.8 Å². The number of aromatic amines is 1. The van der Waals surface area contributed by atoms with Crippen LogP contribution in [0.3, 0.4) is 0 Å². The standard InChI is InChI=1S/C24H27N5O4S/c1-14(2)22(15-4-5-20-21(9-15)34(30,31)7-6-32-20)29-24-18-10-19(28-23(18)26-13-27-24)16-8-17(11-25-3)33-12-16/h4-5,8-10,12-14,22,25H,6-7,11H2,1-3H3,(H2,26,27,28,29)/t22-/m0/s1. The molecule has 0 amide bonds. The molecule has 4 aromatic rings. The molecule has 10 heteroatoms. The number of aromatic nitrogens is 3. The van der Waals surface area contributed by atoms with Crippen LogP contribution in [0.25, 0.3) is 22.3 Å². The monoisotopic (exact) mass is 481 g/mol. The largest absolute Gasteiger partial charge is 0.491 e. The lowest BCUT2D eigenvalue weighted by atomic mass is 9.95. The number of hydrogen-bond donors (Lipinski definition) is 3. The summed E-state index contributed by atoms with van der Waals surface area (Å²) in [7, 11) is -1.49. The normalized spacial score (nSPS) is 15.8. The SMILES string of the molecule is CNCc1cc(-c2cc3c(N[C@H](c4ccc5c(c4)S(=O)(=O)CCO5)C(C)C)ncnc3[nH]2)co1. The highest BCUT2D eigenvalue weighted by Crippen LogP contribution is 2.36. The van der Waals surface area contributed by atoms with Gasteiger partial charge < -0.3 is 24.8 Å². The van der Waals surface area contributed by atoms with Gasteiger partial charge in [-0.1, -0.05) is 19.9 Å². The van der Waals surface area contributed by atoms with Gasteiger partial charge in [-0.2, -0.15) is 0 Å². The second-order valence-electron chi connectivity index (χ2n) is 8.74. The summed E-state index contributed by atoms with van der Waals surface area (Å²) in [4.78, 5) is 12.5. The quantitative estimate of drug-likeness (QED) is 0.363. The number of ether oxygens (including phenoxy) is 1. The van der Waals surface area contributed by atoms with Gasteiger partial charge in [0, 0.05) is 5.56 Å². The van der Waals surface area contributed by atoms with Crippen LogP contribution in [0.1, 0.15) is 31.2 Å². The van der Waals surface area contributed by atoms with Crippen LogP contribution in [-0.2, 0) is 16.4 Å². The number of rotatable bonds is 7. The zero-order valence-corrected chi connectivity index (χ0v) is 20.1. The van der Waals surface area contributed by atoms with Crippen molar-refractivity contribution in [2.45, 2.75) is 31.3 Å². The van der Waals surface area contributed by atoms with Crippen LogP contribution in [0.4, 0.5) is 5.82 Å². The topological polar surface area (TPSA) is 122 Å². The van der Waals surface area contributed by atoms with E-state index in [1.165, 1.54) is 6.33 Å². The van der Waals surface area contributed by atoms with E-state index in [0.717, 1.165) is 28.0 Å². The number of sulfone groups is 1. The highest BCUT2D eigenvalue weighted by molar-refractivity contribution is 7.91. The summed E-state index contributed by atoms with van der Waals surface area (Å²) in [6.45, 7) is 4.99. The molecule has 1 aliphatic rings. The van der Waals surface area contributed by atoms with Crippen LogP contribution < -0.4 is 15.4 Å². The molecule has 0 fully saturated rings. The molecule has 3 N–H and O–H groups in total. The van der Waals surface area contributed by atoms with Gasteiger partial charge in [-0.3, -0.25) is 0 Å². The van der Waals surface area contributed by atoms with Crippen molar-refractivity contribution >= 4 is 26.7 Å². The summed E-state index contributed by atoms with van der Waals surface area (Å²) in [5.74, 6) is 2.07. The molecule has 178 valence electrons. The zero-order chi connectivity index (χ0) is 23.9. The Morgan fingerprint density at radius 2 is 2.03 bits per heavy atom. The van der Waals surface area contributed by atoms with E-state index in [1.54, 1.807) is 18.4 Å². The summed E-state index contributed by atoms with van der Waals surface area (Å²) in [5.41, 5.74) is 3.36. The van der Waals surface area contributed by atoms with E-state index in [2.05, 4.69) is 39.4 Å². The third kappa shape index (κ3) is 4.14. The van der Waals surface area contributed by atoms with Gasteiger partial charge in [-0.25, -0.2) is 18.4 Å². The van der Waals surface area contributed by atoms with Crippen molar-refractivity contribution in [1.29, 1.82) is 0 Å². The third-order valence-electron chi connectivity index (χ3n) is 5.97. The van der Waals surface area contributed by atoms with E-state index in [4.69, 9.17) is 9.15 Å². The maximum atomic E-state index is 12.6. The van der Waals surface area contributed by atoms with Gasteiger partial charge in [0.15, 0.2) is 9.84 Å². The van der Waals surface area contributed by atoms with Gasteiger partial charge in [0.2, 0.25) is 0 Å². The molecule has 0 aliphatic carbocycles. The lowest BCUT2D eigenvalue weighted by Crippen LogP contribution is -2.23. The summed E-state index contributed by atoms with van der Waals surface area (Å²) in [6.07, 6.45) is 3.22. The molecule has 5 rings (SSSR count). The average molecular weight is 482 g/mol. The predicted octanol–water partition coefficient (Wildman–Crippen LogP) is 3.91. The molecular formula is C24H27N5O4S. The van der Waals surface area contributed by atoms with Crippen molar-refractivity contribution in [3.63, 3.8) is 0 Å². The highest BCUT2D eigenvalue weighted by Gasteiger charge is 2.27. The predicted molar refractivity (Wildman–Crippen MR) is 130 cm³/mol. The first kappa shape index (κ1) is 22.4. The number of nitrogens with zero attached hydrogens (tertiary/aromatic N) is 2. The molecule has 1 aliphatic heterocycles. The Balaban J connectivity index is 1.50. The van der Waals surface area contributed by atoms with Crippen molar-refractivity contribution in [2.24, 2.45) is 5.92 Å². The Morgan fingerprint density at radius 1 is 1.18 bits per heavy atom. The number of nitrogens with one attached hydrogen (secondary N) is 3. The second kappa shape index (κ2) is 8.77. The Hall–Kier alpha value is -3.37. The lowest BCUT2D eigenvalue weighted by molar-refractivity contribution is 0.322. The number of furan rings is 1. The molecular weight excluding hydrogens is 454 g/mol. The molecule has 34 heavy (non-hydrogen) atoms. The Bertz CT molecular complexity index is 1440. The average Bonchev–Trinajstić information content (AvgIpc) is 3.44. The smallest absolute Gasteiger partial charge is 0.185 e. The van der Waals surface area contributed by atoms with Crippen molar-refractivity contribution in [3.05, 3.63) is 54.2 Å². The summed E-state index contributed by atoms with van der Waals surface area (Å²) >= 11 is 0. The fourth-order valence-electron chi connectivity index (χ4n) is 4.23. The van der Waals surface area contributed by atoms with Gasteiger partial charge in [0.05, 0.1) is 29.4 Å². The van der Waals surface area contributed by atoms with Gasteiger partial charge in [-0.05, 0) is 42.8 Å². The molecule has 9 nitrogen and oxygen atoms in total. The Kier molecular flexibility index (Phi) is 5.78. The van der Waals surface area contributed by atoms with Crippen LogP contribution in [0, 0.1) is 5.92 Å². The van der Waals surface area contributed by atoms with Crippen LogP contribution in [0.5, 0.6) is 5.75 Å². The minimum atomic E-state index is -3.36. The summed E-state index contributed by atoms with van der Waals surface area (Å²) in [6, 6.07) is 9.17. The van der Waals surface area contributed by atoms with E-state index in [1.807, 2.05) is 25.2 Å². The lowest BCUT2D eigenvalue weighted by Gasteiger charge is -2.26. The van der Waals surface area contributed by atoms with Crippen molar-refractivity contribution < 1.29 is 17.6 Å². The van der Waals surface area contributed by atoms with Crippen molar-refractivity contribution in [3.8, 4) is 17.0 Å². The number of anilines is 1. The van der Waals surface area contributed by atoms with Crippen molar-refractivity contribution in [2.75, 3.05) is 24.7 Å². The van der Waals surface area contributed by atoms with E-state index in [9.17, 15) is 8.42 Å². The van der Waals surface area contributed by atoms with Crippen LogP contribution in [-0.4, -0.2) is 42.8 Å². The third-order valence-corrected chi connectivity index (χ3v) is 7.67. The molecule has 0 unspecified atom stereocenters. The van der Waals surface area contributed by atoms with Gasteiger partial charge in [0.1, 0.15) is 47.1 Å².